The lowest BCUT2D eigenvalue weighted by Gasteiger charge is -2.25. The van der Waals surface area contributed by atoms with E-state index >= 15 is 0 Å². The highest BCUT2D eigenvalue weighted by Gasteiger charge is 2.31. The number of hydrogen-bond acceptors (Lipinski definition) is 3. The van der Waals surface area contributed by atoms with Crippen molar-refractivity contribution < 1.29 is 9.59 Å². The van der Waals surface area contributed by atoms with Crippen LogP contribution in [0.4, 0.5) is 0 Å². The summed E-state index contributed by atoms with van der Waals surface area (Å²) in [5.74, 6) is -0.861. The van der Waals surface area contributed by atoms with Gasteiger partial charge in [-0.15, -0.1) is 0 Å². The lowest BCUT2D eigenvalue weighted by molar-refractivity contribution is -0.128. The van der Waals surface area contributed by atoms with Crippen LogP contribution in [0.15, 0.2) is 35.9 Å². The zero-order valence-corrected chi connectivity index (χ0v) is 17.9. The van der Waals surface area contributed by atoms with Crippen molar-refractivity contribution >= 4 is 35.2 Å². The third kappa shape index (κ3) is 3.52. The topological polar surface area (TPSA) is 54.3 Å². The molecule has 1 aliphatic rings. The summed E-state index contributed by atoms with van der Waals surface area (Å²) < 4.78 is 2.12. The molecule has 1 aromatic carbocycles. The summed E-state index contributed by atoms with van der Waals surface area (Å²) >= 11 is 4.99. The first kappa shape index (κ1) is 20.0. The molecular formula is C22H25N3O2S. The summed E-state index contributed by atoms with van der Waals surface area (Å²) in [6, 6.07) is 10.5. The van der Waals surface area contributed by atoms with Crippen LogP contribution in [-0.4, -0.2) is 33.4 Å². The molecule has 2 aromatic rings. The van der Waals surface area contributed by atoms with Crippen LogP contribution in [0.25, 0.3) is 11.8 Å². The van der Waals surface area contributed by atoms with E-state index in [0.29, 0.717) is 0 Å². The van der Waals surface area contributed by atoms with Gasteiger partial charge in [0.15, 0.2) is 5.11 Å². The van der Waals surface area contributed by atoms with E-state index in [9.17, 15) is 9.59 Å². The van der Waals surface area contributed by atoms with Gasteiger partial charge in [0.25, 0.3) is 11.8 Å². The minimum atomic E-state index is -0.465. The maximum atomic E-state index is 12.5. The van der Waals surface area contributed by atoms with Gasteiger partial charge in [-0.05, 0) is 66.9 Å². The number of nitrogens with one attached hydrogen (secondary N) is 1. The Morgan fingerprint density at radius 1 is 1.07 bits per heavy atom. The monoisotopic (exact) mass is 395 g/mol. The second kappa shape index (κ2) is 7.02. The highest BCUT2D eigenvalue weighted by atomic mass is 32.1. The molecule has 0 atom stereocenters. The maximum Gasteiger partial charge on any atom is 0.265 e. The van der Waals surface area contributed by atoms with Crippen molar-refractivity contribution in [2.24, 2.45) is 0 Å². The first-order chi connectivity index (χ1) is 13.0. The maximum absolute atomic E-state index is 12.5. The number of benzene rings is 1. The summed E-state index contributed by atoms with van der Waals surface area (Å²) in [7, 11) is 1.55. The van der Waals surface area contributed by atoms with E-state index < -0.39 is 11.8 Å². The molecule has 1 N–H and O–H groups in total. The van der Waals surface area contributed by atoms with Crippen molar-refractivity contribution in [3.8, 4) is 5.69 Å². The Hall–Kier alpha value is -2.73. The van der Waals surface area contributed by atoms with Crippen LogP contribution in [0, 0.1) is 13.8 Å². The number of aromatic nitrogens is 1. The fraction of sp³-hybridized carbons (Fsp3) is 0.318. The average molecular weight is 396 g/mol. The van der Waals surface area contributed by atoms with Gasteiger partial charge in [0, 0.05) is 24.1 Å². The quantitative estimate of drug-likeness (QED) is 0.480. The third-order valence-corrected chi connectivity index (χ3v) is 5.44. The van der Waals surface area contributed by atoms with Gasteiger partial charge in [0.05, 0.1) is 0 Å². The number of thiocarbonyl (C=S) groups is 1. The minimum Gasteiger partial charge on any atom is -0.318 e. The molecule has 1 fully saturated rings. The van der Waals surface area contributed by atoms with Crippen molar-refractivity contribution in [1.29, 1.82) is 0 Å². The minimum absolute atomic E-state index is 0.0828. The fourth-order valence-electron chi connectivity index (χ4n) is 3.34. The van der Waals surface area contributed by atoms with E-state index in [4.69, 9.17) is 12.2 Å². The molecular weight excluding hydrogens is 370 g/mol. The Morgan fingerprint density at radius 3 is 2.25 bits per heavy atom. The number of rotatable bonds is 2. The van der Waals surface area contributed by atoms with Crippen LogP contribution in [0.2, 0.25) is 0 Å². The molecule has 0 aliphatic carbocycles. The number of likely N-dealkylation sites (N-methyl/N-ethyl adjacent to an activating group) is 1. The summed E-state index contributed by atoms with van der Waals surface area (Å²) in [6.45, 7) is 10.6. The highest BCUT2D eigenvalue weighted by molar-refractivity contribution is 7.80. The Balaban J connectivity index is 2.02. The largest absolute Gasteiger partial charge is 0.318 e. The second-order valence-corrected chi connectivity index (χ2v) is 8.53. The molecule has 0 saturated carbocycles. The van der Waals surface area contributed by atoms with E-state index in [1.807, 2.05) is 19.9 Å². The number of carbonyl (C=O) groups excluding carboxylic acids is 2. The van der Waals surface area contributed by atoms with Crippen LogP contribution >= 0.6 is 12.2 Å². The van der Waals surface area contributed by atoms with E-state index in [2.05, 4.69) is 54.9 Å². The third-order valence-electron chi connectivity index (χ3n) is 5.07. The van der Waals surface area contributed by atoms with Crippen LogP contribution in [0.5, 0.6) is 0 Å². The molecule has 146 valence electrons. The van der Waals surface area contributed by atoms with Gasteiger partial charge in [0.1, 0.15) is 5.57 Å². The van der Waals surface area contributed by atoms with Gasteiger partial charge >= 0.3 is 0 Å². The summed E-state index contributed by atoms with van der Waals surface area (Å²) in [5.41, 5.74) is 5.31. The molecule has 0 spiro atoms. The first-order valence-corrected chi connectivity index (χ1v) is 9.56. The van der Waals surface area contributed by atoms with Gasteiger partial charge in [0.2, 0.25) is 0 Å². The number of aryl methyl sites for hydroxylation is 1. The van der Waals surface area contributed by atoms with Crippen molar-refractivity contribution in [2.75, 3.05) is 7.05 Å². The normalized spacial score (nSPS) is 16.7. The zero-order valence-electron chi connectivity index (χ0n) is 17.1. The van der Waals surface area contributed by atoms with Crippen LogP contribution < -0.4 is 5.32 Å². The Bertz CT molecular complexity index is 1010. The molecule has 3 rings (SSSR count). The van der Waals surface area contributed by atoms with Gasteiger partial charge in [-0.2, -0.15) is 0 Å². The predicted octanol–water partition coefficient (Wildman–Crippen LogP) is 3.65. The van der Waals surface area contributed by atoms with Crippen LogP contribution in [-0.2, 0) is 15.0 Å². The van der Waals surface area contributed by atoms with Crippen LogP contribution in [0.1, 0.15) is 43.3 Å². The summed E-state index contributed by atoms with van der Waals surface area (Å²) in [5, 5.41) is 2.67. The molecule has 2 amide bonds. The van der Waals surface area contributed by atoms with Gasteiger partial charge in [-0.1, -0.05) is 32.9 Å². The van der Waals surface area contributed by atoms with Crippen molar-refractivity contribution in [2.45, 2.75) is 40.0 Å². The summed E-state index contributed by atoms with van der Waals surface area (Å²) in [6.07, 6.45) is 1.64. The molecule has 0 radical (unpaired) electrons. The van der Waals surface area contributed by atoms with E-state index in [0.717, 1.165) is 22.6 Å². The smallest absolute Gasteiger partial charge is 0.265 e. The molecule has 1 aliphatic heterocycles. The van der Waals surface area contributed by atoms with E-state index in [1.165, 1.54) is 10.5 Å². The molecule has 28 heavy (non-hydrogen) atoms. The van der Waals surface area contributed by atoms with Gasteiger partial charge < -0.3 is 4.57 Å². The van der Waals surface area contributed by atoms with Crippen molar-refractivity contribution in [3.05, 3.63) is 58.4 Å². The van der Waals surface area contributed by atoms with Gasteiger partial charge in [-0.25, -0.2) is 0 Å². The lowest BCUT2D eigenvalue weighted by Crippen LogP contribution is -2.52. The number of hydrogen-bond donors (Lipinski definition) is 1. The molecule has 5 nitrogen and oxygen atoms in total. The van der Waals surface area contributed by atoms with Crippen molar-refractivity contribution in [3.63, 3.8) is 0 Å². The van der Waals surface area contributed by atoms with E-state index in [1.54, 1.807) is 13.1 Å². The average Bonchev–Trinajstić information content (AvgIpc) is 2.89. The molecule has 0 unspecified atom stereocenters. The number of amides is 2. The molecule has 2 heterocycles. The Labute approximate surface area is 171 Å². The SMILES string of the molecule is Cc1cc(C=C2C(=O)NC(=S)N(C)C2=O)c(C)n1-c1ccc(C(C)(C)C)cc1. The predicted molar refractivity (Wildman–Crippen MR) is 115 cm³/mol. The number of nitrogens with zero attached hydrogens (tertiary/aromatic N) is 2. The lowest BCUT2D eigenvalue weighted by atomic mass is 9.87. The fourth-order valence-corrected chi connectivity index (χ4v) is 3.52. The Kier molecular flexibility index (Phi) is 5.02. The molecule has 1 aromatic heterocycles. The second-order valence-electron chi connectivity index (χ2n) is 8.14. The molecule has 0 bridgehead atoms. The highest BCUT2D eigenvalue weighted by Crippen LogP contribution is 2.27. The van der Waals surface area contributed by atoms with Gasteiger partial charge in [-0.3, -0.25) is 19.8 Å². The van der Waals surface area contributed by atoms with Crippen molar-refractivity contribution in [1.82, 2.24) is 14.8 Å². The standard InChI is InChI=1S/C22H25N3O2S/c1-13-11-15(12-18-19(26)23-21(28)24(6)20(18)27)14(2)25(13)17-9-7-16(8-10-17)22(3,4)5/h7-12H,1-6H3,(H,23,26,28). The zero-order chi connectivity index (χ0) is 20.8. The molecule has 6 heteroatoms. The number of carbonyl (C=O) groups is 2. The molecule has 1 saturated heterocycles. The van der Waals surface area contributed by atoms with Crippen LogP contribution in [0.3, 0.4) is 0 Å². The first-order valence-electron chi connectivity index (χ1n) is 9.15. The van der Waals surface area contributed by atoms with E-state index in [-0.39, 0.29) is 16.1 Å². The summed E-state index contributed by atoms with van der Waals surface area (Å²) in [4.78, 5) is 26.0. The Morgan fingerprint density at radius 2 is 1.68 bits per heavy atom.